The van der Waals surface area contributed by atoms with Crippen LogP contribution in [0.5, 0.6) is 11.5 Å². The lowest BCUT2D eigenvalue weighted by Crippen LogP contribution is -2.32. The molecule has 2 rings (SSSR count). The summed E-state index contributed by atoms with van der Waals surface area (Å²) in [6.45, 7) is 2.67. The number of esters is 1. The number of amides is 1. The van der Waals surface area contributed by atoms with Crippen molar-refractivity contribution in [1.29, 1.82) is 0 Å². The first-order valence-electron chi connectivity index (χ1n) is 7.99. The Balaban J connectivity index is 1.63. The Labute approximate surface area is 156 Å². The molecular formula is C18H19ClN2O5. The molecule has 1 aromatic heterocycles. The largest absolute Gasteiger partial charge is 0.494 e. The monoisotopic (exact) mass is 378 g/mol. The van der Waals surface area contributed by atoms with Crippen LogP contribution in [0.2, 0.25) is 5.02 Å². The molecule has 1 aromatic carbocycles. The fourth-order valence-corrected chi connectivity index (χ4v) is 2.09. The van der Waals surface area contributed by atoms with Crippen LogP contribution >= 0.6 is 11.6 Å². The Bertz CT molecular complexity index is 737. The summed E-state index contributed by atoms with van der Waals surface area (Å²) in [6, 6.07) is 10.1. The number of hydrogen-bond acceptors (Lipinski definition) is 6. The first-order valence-corrected chi connectivity index (χ1v) is 8.37. The summed E-state index contributed by atoms with van der Waals surface area (Å²) in [5, 5.41) is 2.95. The van der Waals surface area contributed by atoms with Crippen LogP contribution in [0, 0.1) is 0 Å². The zero-order chi connectivity index (χ0) is 18.8. The maximum absolute atomic E-state index is 11.7. The molecule has 0 saturated heterocycles. The van der Waals surface area contributed by atoms with Gasteiger partial charge in [-0.05, 0) is 43.3 Å². The maximum Gasteiger partial charge on any atom is 0.357 e. The predicted molar refractivity (Wildman–Crippen MR) is 95.6 cm³/mol. The normalized spacial score (nSPS) is 10.1. The number of nitrogens with zero attached hydrogens (tertiary/aromatic N) is 1. The number of carbonyl (C=O) groups is 2. The first kappa shape index (κ1) is 19.5. The lowest BCUT2D eigenvalue weighted by molar-refractivity contribution is -0.124. The molecule has 0 aliphatic carbocycles. The molecule has 0 saturated carbocycles. The van der Waals surface area contributed by atoms with Crippen LogP contribution in [-0.2, 0) is 9.53 Å². The topological polar surface area (TPSA) is 86.8 Å². The Morgan fingerprint density at radius 2 is 1.81 bits per heavy atom. The third-order valence-corrected chi connectivity index (χ3v) is 3.33. The van der Waals surface area contributed by atoms with E-state index in [1.807, 2.05) is 6.92 Å². The average molecular weight is 379 g/mol. The average Bonchev–Trinajstić information content (AvgIpc) is 2.65. The zero-order valence-electron chi connectivity index (χ0n) is 14.2. The van der Waals surface area contributed by atoms with Gasteiger partial charge < -0.3 is 19.5 Å². The van der Waals surface area contributed by atoms with Crippen molar-refractivity contribution in [1.82, 2.24) is 10.3 Å². The first-order chi connectivity index (χ1) is 12.6. The number of benzene rings is 1. The van der Waals surface area contributed by atoms with Crippen molar-refractivity contribution >= 4 is 23.5 Å². The number of carbonyl (C=O) groups excluding carboxylic acids is 2. The molecule has 7 nitrogen and oxygen atoms in total. The Hall–Kier alpha value is -2.80. The smallest absolute Gasteiger partial charge is 0.357 e. The van der Waals surface area contributed by atoms with Crippen LogP contribution in [0.4, 0.5) is 0 Å². The van der Waals surface area contributed by atoms with Gasteiger partial charge in [0.15, 0.2) is 6.61 Å². The second-order valence-corrected chi connectivity index (χ2v) is 5.47. The lowest BCUT2D eigenvalue weighted by Gasteiger charge is -2.09. The summed E-state index contributed by atoms with van der Waals surface area (Å²) >= 11 is 5.76. The van der Waals surface area contributed by atoms with Crippen molar-refractivity contribution in [3.8, 4) is 11.5 Å². The third kappa shape index (κ3) is 6.60. The van der Waals surface area contributed by atoms with Gasteiger partial charge in [0.05, 0.1) is 13.2 Å². The van der Waals surface area contributed by atoms with E-state index < -0.39 is 18.5 Å². The molecule has 0 unspecified atom stereocenters. The van der Waals surface area contributed by atoms with Crippen LogP contribution in [0.1, 0.15) is 17.4 Å². The van der Waals surface area contributed by atoms with E-state index in [2.05, 4.69) is 10.3 Å². The molecule has 0 aliphatic heterocycles. The van der Waals surface area contributed by atoms with Crippen LogP contribution in [-0.4, -0.2) is 43.2 Å². The van der Waals surface area contributed by atoms with Crippen LogP contribution in [0.3, 0.4) is 0 Å². The summed E-state index contributed by atoms with van der Waals surface area (Å²) in [5.74, 6) is 0.286. The molecule has 0 fully saturated rings. The highest BCUT2D eigenvalue weighted by atomic mass is 35.5. The van der Waals surface area contributed by atoms with E-state index in [4.69, 9.17) is 25.8 Å². The van der Waals surface area contributed by atoms with E-state index in [9.17, 15) is 9.59 Å². The number of pyridine rings is 1. The molecular weight excluding hydrogens is 360 g/mol. The van der Waals surface area contributed by atoms with Gasteiger partial charge in [-0.25, -0.2) is 9.78 Å². The summed E-state index contributed by atoms with van der Waals surface area (Å²) in [5.41, 5.74) is 0.0455. The van der Waals surface area contributed by atoms with Crippen LogP contribution in [0.25, 0.3) is 0 Å². The molecule has 0 radical (unpaired) electrons. The van der Waals surface area contributed by atoms with Gasteiger partial charge in [0.25, 0.3) is 5.91 Å². The summed E-state index contributed by atoms with van der Waals surface area (Å²) < 4.78 is 15.7. The van der Waals surface area contributed by atoms with E-state index in [-0.39, 0.29) is 18.8 Å². The van der Waals surface area contributed by atoms with Crippen molar-refractivity contribution < 1.29 is 23.8 Å². The number of halogens is 1. The molecule has 8 heteroatoms. The highest BCUT2D eigenvalue weighted by Crippen LogP contribution is 2.17. The predicted octanol–water partition coefficient (Wildman–Crippen LogP) is 2.49. The van der Waals surface area contributed by atoms with Crippen molar-refractivity contribution in [2.24, 2.45) is 0 Å². The van der Waals surface area contributed by atoms with E-state index >= 15 is 0 Å². The molecule has 2 aromatic rings. The van der Waals surface area contributed by atoms with Gasteiger partial charge in [-0.15, -0.1) is 0 Å². The van der Waals surface area contributed by atoms with Gasteiger partial charge in [-0.1, -0.05) is 11.6 Å². The third-order valence-electron chi connectivity index (χ3n) is 3.09. The van der Waals surface area contributed by atoms with Crippen molar-refractivity contribution in [3.05, 3.63) is 53.3 Å². The van der Waals surface area contributed by atoms with Crippen molar-refractivity contribution in [3.63, 3.8) is 0 Å². The van der Waals surface area contributed by atoms with Crippen molar-refractivity contribution in [2.75, 3.05) is 26.4 Å². The molecule has 0 atom stereocenters. The minimum Gasteiger partial charge on any atom is -0.494 e. The Morgan fingerprint density at radius 1 is 1.12 bits per heavy atom. The van der Waals surface area contributed by atoms with E-state index in [0.717, 1.165) is 5.75 Å². The minimum atomic E-state index is -0.715. The van der Waals surface area contributed by atoms with Crippen LogP contribution in [0.15, 0.2) is 42.6 Å². The molecule has 0 bridgehead atoms. The molecule has 26 heavy (non-hydrogen) atoms. The van der Waals surface area contributed by atoms with E-state index in [0.29, 0.717) is 17.4 Å². The number of ether oxygens (including phenoxy) is 3. The quantitative estimate of drug-likeness (QED) is 0.533. The molecule has 0 aliphatic rings. The zero-order valence-corrected chi connectivity index (χ0v) is 15.0. The molecule has 138 valence electrons. The second-order valence-electron chi connectivity index (χ2n) is 5.04. The lowest BCUT2D eigenvalue weighted by atomic mass is 10.3. The Morgan fingerprint density at radius 3 is 2.46 bits per heavy atom. The summed E-state index contributed by atoms with van der Waals surface area (Å²) in [4.78, 5) is 27.2. The van der Waals surface area contributed by atoms with E-state index in [1.54, 1.807) is 24.3 Å². The standard InChI is InChI=1S/C18H19ClN2O5/c1-2-24-14-3-5-15(6-4-14)25-10-9-21-17(22)12-26-18(23)16-11-13(19)7-8-20-16/h3-8,11H,2,9-10,12H2,1H3,(H,21,22). The number of aromatic nitrogens is 1. The highest BCUT2D eigenvalue weighted by Gasteiger charge is 2.11. The fourth-order valence-electron chi connectivity index (χ4n) is 1.93. The van der Waals surface area contributed by atoms with Gasteiger partial charge in [-0.2, -0.15) is 0 Å². The number of hydrogen-bond donors (Lipinski definition) is 1. The minimum absolute atomic E-state index is 0.0455. The molecule has 1 heterocycles. The summed E-state index contributed by atoms with van der Waals surface area (Å²) in [7, 11) is 0. The molecule has 1 amide bonds. The summed E-state index contributed by atoms with van der Waals surface area (Å²) in [6.07, 6.45) is 1.39. The van der Waals surface area contributed by atoms with Gasteiger partial charge >= 0.3 is 5.97 Å². The van der Waals surface area contributed by atoms with E-state index in [1.165, 1.54) is 18.3 Å². The highest BCUT2D eigenvalue weighted by molar-refractivity contribution is 6.30. The fraction of sp³-hybridized carbons (Fsp3) is 0.278. The SMILES string of the molecule is CCOc1ccc(OCCNC(=O)COC(=O)c2cc(Cl)ccn2)cc1. The van der Waals surface area contributed by atoms with Gasteiger partial charge in [0.2, 0.25) is 0 Å². The van der Waals surface area contributed by atoms with Gasteiger partial charge in [0, 0.05) is 11.2 Å². The Kier molecular flexibility index (Phi) is 7.70. The van der Waals surface area contributed by atoms with Crippen molar-refractivity contribution in [2.45, 2.75) is 6.92 Å². The number of rotatable bonds is 9. The maximum atomic E-state index is 11.7. The van der Waals surface area contributed by atoms with Gasteiger partial charge in [-0.3, -0.25) is 4.79 Å². The van der Waals surface area contributed by atoms with Crippen LogP contribution < -0.4 is 14.8 Å². The molecule has 0 spiro atoms. The second kappa shape index (κ2) is 10.2. The van der Waals surface area contributed by atoms with Gasteiger partial charge in [0.1, 0.15) is 23.8 Å². The molecule has 1 N–H and O–H groups in total. The number of nitrogens with one attached hydrogen (secondary N) is 1.